The van der Waals surface area contributed by atoms with Crippen LogP contribution in [-0.2, 0) is 9.53 Å². The van der Waals surface area contributed by atoms with E-state index >= 15 is 0 Å². The molecule has 0 radical (unpaired) electrons. The lowest BCUT2D eigenvalue weighted by atomic mass is 9.80. The van der Waals surface area contributed by atoms with Crippen LogP contribution in [0.15, 0.2) is 0 Å². The Bertz CT molecular complexity index is 225. The monoisotopic (exact) mass is 226 g/mol. The normalized spacial score (nSPS) is 34.2. The second kappa shape index (κ2) is 5.81. The van der Waals surface area contributed by atoms with E-state index in [4.69, 9.17) is 4.74 Å². The molecule has 16 heavy (non-hydrogen) atoms. The van der Waals surface area contributed by atoms with Crippen LogP contribution in [0, 0.1) is 11.8 Å². The van der Waals surface area contributed by atoms with Gasteiger partial charge in [0.2, 0.25) is 0 Å². The predicted octanol–water partition coefficient (Wildman–Crippen LogP) is 3.59. The van der Waals surface area contributed by atoms with Crippen LogP contribution in [0.25, 0.3) is 0 Å². The van der Waals surface area contributed by atoms with Crippen molar-refractivity contribution in [2.75, 3.05) is 7.11 Å². The van der Waals surface area contributed by atoms with Gasteiger partial charge in [-0.1, -0.05) is 33.6 Å². The summed E-state index contributed by atoms with van der Waals surface area (Å²) in [5, 5.41) is 0. The predicted molar refractivity (Wildman–Crippen MR) is 66.5 cm³/mol. The van der Waals surface area contributed by atoms with Gasteiger partial charge in [-0.25, -0.2) is 0 Å². The highest BCUT2D eigenvalue weighted by Gasteiger charge is 2.51. The maximum Gasteiger partial charge on any atom is 0.165 e. The van der Waals surface area contributed by atoms with Crippen LogP contribution in [0.5, 0.6) is 0 Å². The van der Waals surface area contributed by atoms with E-state index < -0.39 is 5.60 Å². The molecule has 1 rings (SSSR count). The Labute approximate surface area is 99.8 Å². The van der Waals surface area contributed by atoms with Gasteiger partial charge in [-0.15, -0.1) is 0 Å². The van der Waals surface area contributed by atoms with E-state index in [9.17, 15) is 4.79 Å². The summed E-state index contributed by atoms with van der Waals surface area (Å²) in [6.07, 6.45) is 6.26. The maximum absolute atomic E-state index is 12.4. The molecule has 0 amide bonds. The van der Waals surface area contributed by atoms with E-state index in [1.54, 1.807) is 7.11 Å². The van der Waals surface area contributed by atoms with Crippen molar-refractivity contribution in [3.63, 3.8) is 0 Å². The lowest BCUT2D eigenvalue weighted by molar-refractivity contribution is -0.150. The Hall–Kier alpha value is -0.370. The van der Waals surface area contributed by atoms with Crippen molar-refractivity contribution in [2.45, 2.75) is 64.9 Å². The Morgan fingerprint density at radius 2 is 1.81 bits per heavy atom. The topological polar surface area (TPSA) is 26.3 Å². The van der Waals surface area contributed by atoms with Crippen LogP contribution in [0.4, 0.5) is 0 Å². The third-order valence-electron chi connectivity index (χ3n) is 4.28. The number of methoxy groups -OCH3 is 1. The minimum absolute atomic E-state index is 0.334. The molecule has 0 bridgehead atoms. The molecular formula is C14H26O2. The summed E-state index contributed by atoms with van der Waals surface area (Å²) in [6.45, 7) is 6.48. The highest BCUT2D eigenvalue weighted by atomic mass is 16.5. The SMILES string of the molecule is CCCCCC(=O)C1(OC)C(C)CCC1C. The van der Waals surface area contributed by atoms with E-state index in [0.29, 0.717) is 24.0 Å². The maximum atomic E-state index is 12.4. The van der Waals surface area contributed by atoms with Crippen LogP contribution in [-0.4, -0.2) is 18.5 Å². The third kappa shape index (κ3) is 2.32. The molecule has 2 nitrogen and oxygen atoms in total. The second-order valence-electron chi connectivity index (χ2n) is 5.26. The van der Waals surface area contributed by atoms with E-state index in [2.05, 4.69) is 20.8 Å². The molecule has 0 aromatic rings. The minimum atomic E-state index is -0.478. The average molecular weight is 226 g/mol. The van der Waals surface area contributed by atoms with Gasteiger partial charge in [0.25, 0.3) is 0 Å². The van der Waals surface area contributed by atoms with Crippen molar-refractivity contribution in [1.29, 1.82) is 0 Å². The number of hydrogen-bond acceptors (Lipinski definition) is 2. The van der Waals surface area contributed by atoms with Gasteiger partial charge < -0.3 is 4.74 Å². The quantitative estimate of drug-likeness (QED) is 0.647. The molecule has 0 aromatic heterocycles. The average Bonchev–Trinajstić information content (AvgIpc) is 2.56. The Balaban J connectivity index is 2.67. The third-order valence-corrected chi connectivity index (χ3v) is 4.28. The molecule has 0 aliphatic heterocycles. The number of carbonyl (C=O) groups excluding carboxylic acids is 1. The minimum Gasteiger partial charge on any atom is -0.370 e. The van der Waals surface area contributed by atoms with Crippen molar-refractivity contribution >= 4 is 5.78 Å². The summed E-state index contributed by atoms with van der Waals surface area (Å²) in [5.74, 6) is 1.09. The van der Waals surface area contributed by atoms with E-state index in [0.717, 1.165) is 25.7 Å². The molecule has 2 unspecified atom stereocenters. The van der Waals surface area contributed by atoms with Crippen LogP contribution < -0.4 is 0 Å². The standard InChI is InChI=1S/C14H26O2/c1-5-6-7-8-13(15)14(16-4)11(2)9-10-12(14)3/h11-12H,5-10H2,1-4H3. The first-order chi connectivity index (χ1) is 7.59. The van der Waals surface area contributed by atoms with Crippen LogP contribution in [0.1, 0.15) is 59.3 Å². The molecule has 1 fully saturated rings. The van der Waals surface area contributed by atoms with Gasteiger partial charge in [-0.2, -0.15) is 0 Å². The first kappa shape index (κ1) is 13.7. The lowest BCUT2D eigenvalue weighted by Crippen LogP contribution is -2.47. The zero-order chi connectivity index (χ0) is 12.2. The lowest BCUT2D eigenvalue weighted by Gasteiger charge is -2.35. The summed E-state index contributed by atoms with van der Waals surface area (Å²) in [6, 6.07) is 0. The molecule has 2 heteroatoms. The van der Waals surface area contributed by atoms with Gasteiger partial charge >= 0.3 is 0 Å². The fourth-order valence-corrected chi connectivity index (χ4v) is 3.21. The van der Waals surface area contributed by atoms with Gasteiger partial charge in [0.15, 0.2) is 5.78 Å². The number of carbonyl (C=O) groups is 1. The van der Waals surface area contributed by atoms with Crippen LogP contribution >= 0.6 is 0 Å². The summed E-state index contributed by atoms with van der Waals surface area (Å²) in [5.41, 5.74) is -0.478. The molecule has 2 atom stereocenters. The molecule has 0 N–H and O–H groups in total. The van der Waals surface area contributed by atoms with E-state index in [1.807, 2.05) is 0 Å². The summed E-state index contributed by atoms with van der Waals surface area (Å²) >= 11 is 0. The Kier molecular flexibility index (Phi) is 4.97. The Morgan fingerprint density at radius 3 is 2.25 bits per heavy atom. The highest BCUT2D eigenvalue weighted by Crippen LogP contribution is 2.44. The highest BCUT2D eigenvalue weighted by molar-refractivity contribution is 5.88. The molecule has 94 valence electrons. The first-order valence-electron chi connectivity index (χ1n) is 6.68. The van der Waals surface area contributed by atoms with Crippen molar-refractivity contribution in [1.82, 2.24) is 0 Å². The van der Waals surface area contributed by atoms with E-state index in [-0.39, 0.29) is 0 Å². The smallest absolute Gasteiger partial charge is 0.165 e. The number of ketones is 1. The summed E-state index contributed by atoms with van der Waals surface area (Å²) in [4.78, 5) is 12.4. The second-order valence-corrected chi connectivity index (χ2v) is 5.26. The molecular weight excluding hydrogens is 200 g/mol. The molecule has 0 saturated heterocycles. The molecule has 1 aliphatic rings. The molecule has 0 spiro atoms. The van der Waals surface area contributed by atoms with E-state index in [1.165, 1.54) is 6.42 Å². The summed E-state index contributed by atoms with van der Waals surface area (Å²) < 4.78 is 5.67. The zero-order valence-electron chi connectivity index (χ0n) is 11.2. The largest absolute Gasteiger partial charge is 0.370 e. The summed E-state index contributed by atoms with van der Waals surface area (Å²) in [7, 11) is 1.70. The van der Waals surface area contributed by atoms with Crippen molar-refractivity contribution in [3.05, 3.63) is 0 Å². The van der Waals surface area contributed by atoms with Crippen molar-refractivity contribution < 1.29 is 9.53 Å². The number of Topliss-reactive ketones (excluding diaryl/α,β-unsaturated/α-hetero) is 1. The Morgan fingerprint density at radius 1 is 1.25 bits per heavy atom. The molecule has 0 aromatic carbocycles. The van der Waals surface area contributed by atoms with Gasteiger partial charge in [0, 0.05) is 13.5 Å². The number of unbranched alkanes of at least 4 members (excludes halogenated alkanes) is 2. The fraction of sp³-hybridized carbons (Fsp3) is 0.929. The van der Waals surface area contributed by atoms with Crippen LogP contribution in [0.3, 0.4) is 0 Å². The van der Waals surface area contributed by atoms with Gasteiger partial charge in [0.05, 0.1) is 0 Å². The van der Waals surface area contributed by atoms with Gasteiger partial charge in [-0.05, 0) is 31.1 Å². The van der Waals surface area contributed by atoms with Gasteiger partial charge in [0.1, 0.15) is 5.60 Å². The number of hydrogen-bond donors (Lipinski definition) is 0. The molecule has 1 saturated carbocycles. The number of rotatable bonds is 6. The fourth-order valence-electron chi connectivity index (χ4n) is 3.21. The van der Waals surface area contributed by atoms with Crippen molar-refractivity contribution in [3.8, 4) is 0 Å². The van der Waals surface area contributed by atoms with Crippen LogP contribution in [0.2, 0.25) is 0 Å². The molecule has 1 aliphatic carbocycles. The first-order valence-corrected chi connectivity index (χ1v) is 6.68. The molecule has 0 heterocycles. The van der Waals surface area contributed by atoms with Crippen molar-refractivity contribution in [2.24, 2.45) is 11.8 Å². The number of ether oxygens (including phenoxy) is 1. The van der Waals surface area contributed by atoms with Gasteiger partial charge in [-0.3, -0.25) is 4.79 Å². The zero-order valence-corrected chi connectivity index (χ0v) is 11.2.